The highest BCUT2D eigenvalue weighted by atomic mass is 16.5. The zero-order valence-corrected chi connectivity index (χ0v) is 32.2. The van der Waals surface area contributed by atoms with Crippen molar-refractivity contribution in [3.63, 3.8) is 0 Å². The van der Waals surface area contributed by atoms with E-state index in [2.05, 4.69) is 36.6 Å². The largest absolute Gasteiger partial charge is 0.508 e. The van der Waals surface area contributed by atoms with Gasteiger partial charge in [0, 0.05) is 67.6 Å². The number of para-hydroxylation sites is 1. The number of carbonyl (C=O) groups is 5. The van der Waals surface area contributed by atoms with E-state index in [1.807, 2.05) is 18.2 Å². The Hall–Kier alpha value is -6.93. The van der Waals surface area contributed by atoms with Crippen molar-refractivity contribution in [2.24, 2.45) is 0 Å². The van der Waals surface area contributed by atoms with Gasteiger partial charge in [0.1, 0.15) is 35.7 Å². The molecule has 2 aromatic carbocycles. The molecule has 1 fully saturated rings. The van der Waals surface area contributed by atoms with Crippen molar-refractivity contribution in [1.29, 1.82) is 0 Å². The van der Waals surface area contributed by atoms with Gasteiger partial charge in [0.15, 0.2) is 0 Å². The number of carboxylic acid groups (broad SMARTS) is 1. The number of aromatic nitrogens is 3. The van der Waals surface area contributed by atoms with E-state index in [1.165, 1.54) is 25.8 Å². The van der Waals surface area contributed by atoms with Crippen LogP contribution in [0.4, 0.5) is 4.79 Å². The first kappa shape index (κ1) is 41.7. The minimum absolute atomic E-state index is 0.0526. The molecular weight excluding hydrogens is 770 g/mol. The van der Waals surface area contributed by atoms with E-state index >= 15 is 0 Å². The summed E-state index contributed by atoms with van der Waals surface area (Å²) in [6.45, 7) is 3.06. The van der Waals surface area contributed by atoms with E-state index in [1.54, 1.807) is 30.5 Å². The number of hydrogen-bond acceptors (Lipinski definition) is 11. The number of nitrogens with zero attached hydrogens (tertiary/aromatic N) is 2. The Morgan fingerprint density at radius 1 is 1.00 bits per heavy atom. The van der Waals surface area contributed by atoms with Gasteiger partial charge >= 0.3 is 17.7 Å². The number of H-pyrrole nitrogens is 2. The summed E-state index contributed by atoms with van der Waals surface area (Å²) in [5, 5.41) is 44.6. The molecule has 0 saturated carbocycles. The molecule has 0 aliphatic carbocycles. The molecule has 10 N–H and O–H groups in total. The van der Waals surface area contributed by atoms with Crippen molar-refractivity contribution < 1.29 is 44.0 Å². The fraction of sp³-hybridized carbons (Fsp3) is 0.359. The predicted octanol–water partition coefficient (Wildman–Crippen LogP) is -0.609. The third-order valence-corrected chi connectivity index (χ3v) is 10.5. The van der Waals surface area contributed by atoms with Crippen LogP contribution >= 0.6 is 0 Å². The zero-order chi connectivity index (χ0) is 42.5. The second kappa shape index (κ2) is 17.7. The molecule has 59 heavy (non-hydrogen) atoms. The zero-order valence-electron chi connectivity index (χ0n) is 32.2. The lowest BCUT2D eigenvalue weighted by Gasteiger charge is -2.35. The van der Waals surface area contributed by atoms with Gasteiger partial charge in [0.25, 0.3) is 5.56 Å². The summed E-state index contributed by atoms with van der Waals surface area (Å²) in [5.74, 6) is -3.26. The number of carbonyl (C=O) groups excluding carboxylic acids is 4. The van der Waals surface area contributed by atoms with Crippen molar-refractivity contribution in [1.82, 2.24) is 46.0 Å². The lowest BCUT2D eigenvalue weighted by atomic mass is 9.94. The van der Waals surface area contributed by atoms with Crippen LogP contribution < -0.4 is 37.8 Å². The molecule has 1 saturated heterocycles. The molecule has 7 atom stereocenters. The van der Waals surface area contributed by atoms with Crippen LogP contribution in [0.5, 0.6) is 5.75 Å². The standard InChI is InChI=1S/C39H45N9O11/c1-19(43-38(57)44-28(37(55)56)14-22-16-40-26-9-5-4-8-24(22)26)33(52)46-32(20(2)47(3)35(54)27-13-21-7-6-10-29(49)25(21)18-41-27)34(53)42-17-23-15-30(50)36(59-23)48-12-11-31(51)45-39(48)58/h4-12,16-17,19-20,27-28,30,32,36,40-41,49-50H,13-15,18H2,1-3H3,(H,42,53)(H,46,52)(H,55,56)(H2,43,44,57)(H,45,51,58)/b23-17-/t19-,20-,27-,28-,30?,32-,36?/m0/s1. The Labute approximate surface area is 335 Å². The summed E-state index contributed by atoms with van der Waals surface area (Å²) in [4.78, 5) is 96.7. The van der Waals surface area contributed by atoms with Crippen LogP contribution in [0.2, 0.25) is 0 Å². The topological polar surface area (TPSA) is 289 Å². The molecule has 5 amide bonds. The van der Waals surface area contributed by atoms with Crippen molar-refractivity contribution in [3.05, 3.63) is 110 Å². The number of phenolic OH excluding ortho intramolecular Hbond substituents is 1. The third-order valence-electron chi connectivity index (χ3n) is 10.5. The van der Waals surface area contributed by atoms with E-state index in [0.29, 0.717) is 11.1 Å². The normalized spacial score (nSPS) is 20.0. The number of aromatic hydroxyl groups is 1. The lowest BCUT2D eigenvalue weighted by Crippen LogP contribution is -2.62. The Balaban J connectivity index is 1.15. The molecule has 2 aliphatic heterocycles. The van der Waals surface area contributed by atoms with Gasteiger partial charge in [0.2, 0.25) is 23.9 Å². The number of hydrogen-bond donors (Lipinski definition) is 10. The number of phenols is 1. The number of nitrogens with one attached hydrogen (secondary N) is 7. The van der Waals surface area contributed by atoms with Crippen LogP contribution in [0.15, 0.2) is 82.5 Å². The summed E-state index contributed by atoms with van der Waals surface area (Å²) >= 11 is 0. The van der Waals surface area contributed by atoms with Gasteiger partial charge in [-0.2, -0.15) is 0 Å². The molecule has 0 radical (unpaired) electrons. The first-order valence-corrected chi connectivity index (χ1v) is 18.7. The maximum Gasteiger partial charge on any atom is 0.331 e. The fourth-order valence-corrected chi connectivity index (χ4v) is 7.04. The number of amides is 5. The molecule has 0 spiro atoms. The molecule has 2 unspecified atom stereocenters. The van der Waals surface area contributed by atoms with Gasteiger partial charge in [-0.1, -0.05) is 30.3 Å². The number of rotatable bonds is 13. The van der Waals surface area contributed by atoms with Crippen LogP contribution in [-0.4, -0.2) is 108 Å². The van der Waals surface area contributed by atoms with Gasteiger partial charge in [0.05, 0.1) is 12.1 Å². The Bertz CT molecular complexity index is 2410. The van der Waals surface area contributed by atoms with Crippen LogP contribution in [0, 0.1) is 0 Å². The van der Waals surface area contributed by atoms with E-state index in [9.17, 15) is 48.9 Å². The first-order chi connectivity index (χ1) is 28.1. The van der Waals surface area contributed by atoms with Gasteiger partial charge in [-0.05, 0) is 43.5 Å². The number of benzene rings is 2. The monoisotopic (exact) mass is 815 g/mol. The first-order valence-electron chi connectivity index (χ1n) is 18.7. The molecule has 4 aromatic rings. The smallest absolute Gasteiger partial charge is 0.331 e. The van der Waals surface area contributed by atoms with Crippen molar-refractivity contribution in [2.45, 2.75) is 82.2 Å². The van der Waals surface area contributed by atoms with E-state index in [-0.39, 0.29) is 37.3 Å². The SMILES string of the molecule is C[C@H](NC(=O)N[C@@H](Cc1c[nH]c2ccccc12)C(=O)O)C(=O)N[C@H](C(=O)N/C=C1/CC(O)C(n2ccc(=O)[nH]c2=O)O1)[C@H](C)N(C)C(=O)[C@@H]1Cc2cccc(O)c2CN1. The second-order valence-electron chi connectivity index (χ2n) is 14.4. The summed E-state index contributed by atoms with van der Waals surface area (Å²) in [5.41, 5.74) is 1.40. The second-order valence-corrected chi connectivity index (χ2v) is 14.4. The van der Waals surface area contributed by atoms with Crippen molar-refractivity contribution in [3.8, 4) is 5.75 Å². The Kier molecular flexibility index (Phi) is 12.5. The molecule has 20 nitrogen and oxygen atoms in total. The number of aliphatic carboxylic acids is 1. The Morgan fingerprint density at radius 2 is 1.76 bits per heavy atom. The van der Waals surface area contributed by atoms with Crippen molar-refractivity contribution in [2.75, 3.05) is 7.05 Å². The van der Waals surface area contributed by atoms with E-state index in [4.69, 9.17) is 4.74 Å². The Morgan fingerprint density at radius 3 is 2.51 bits per heavy atom. The molecule has 6 rings (SSSR count). The van der Waals surface area contributed by atoms with E-state index < -0.39 is 83.5 Å². The van der Waals surface area contributed by atoms with Gasteiger partial charge < -0.3 is 56.5 Å². The summed E-state index contributed by atoms with van der Waals surface area (Å²) in [6, 6.07) is 6.51. The van der Waals surface area contributed by atoms with Gasteiger partial charge in [-0.3, -0.25) is 28.7 Å². The van der Waals surface area contributed by atoms with Crippen LogP contribution in [0.25, 0.3) is 10.9 Å². The molecule has 312 valence electrons. The summed E-state index contributed by atoms with van der Waals surface area (Å²) in [7, 11) is 1.45. The van der Waals surface area contributed by atoms with Crippen LogP contribution in [0.1, 0.15) is 43.2 Å². The highest BCUT2D eigenvalue weighted by Crippen LogP contribution is 2.30. The number of aliphatic hydroxyl groups is 1. The minimum atomic E-state index is -1.46. The highest BCUT2D eigenvalue weighted by molar-refractivity contribution is 5.94. The average molecular weight is 816 g/mol. The number of aliphatic hydroxyl groups excluding tert-OH is 1. The quantitative estimate of drug-likeness (QED) is 0.0809. The number of aromatic amines is 2. The van der Waals surface area contributed by atoms with Gasteiger partial charge in [-0.25, -0.2) is 14.4 Å². The fourth-order valence-electron chi connectivity index (χ4n) is 7.04. The van der Waals surface area contributed by atoms with Crippen LogP contribution in [-0.2, 0) is 43.3 Å². The van der Waals surface area contributed by atoms with Crippen LogP contribution in [0.3, 0.4) is 0 Å². The lowest BCUT2D eigenvalue weighted by molar-refractivity contribution is -0.139. The van der Waals surface area contributed by atoms with Gasteiger partial charge in [-0.15, -0.1) is 0 Å². The molecule has 4 heterocycles. The summed E-state index contributed by atoms with van der Waals surface area (Å²) in [6.07, 6.45) is 1.52. The highest BCUT2D eigenvalue weighted by Gasteiger charge is 2.37. The maximum absolute atomic E-state index is 13.9. The van der Waals surface area contributed by atoms with E-state index in [0.717, 1.165) is 39.5 Å². The maximum atomic E-state index is 13.9. The summed E-state index contributed by atoms with van der Waals surface area (Å²) < 4.78 is 6.68. The number of ether oxygens (including phenoxy) is 1. The third kappa shape index (κ3) is 9.45. The molecule has 2 aromatic heterocycles. The number of urea groups is 1. The number of likely N-dealkylation sites (N-methyl/N-ethyl adjacent to an activating group) is 1. The number of carboxylic acids is 1. The predicted molar refractivity (Wildman–Crippen MR) is 209 cm³/mol. The molecule has 0 bridgehead atoms. The molecule has 20 heteroatoms. The number of fused-ring (bicyclic) bond motifs is 2. The average Bonchev–Trinajstić information content (AvgIpc) is 3.79. The van der Waals surface area contributed by atoms with Crippen molar-refractivity contribution >= 4 is 40.6 Å². The molecule has 2 aliphatic rings. The minimum Gasteiger partial charge on any atom is -0.508 e. The molecular formula is C39H45N9O11.